The molecule has 62 heavy (non-hydrogen) atoms. The fraction of sp³-hybridized carbons (Fsp3) is 0. The predicted molar refractivity (Wildman–Crippen MR) is 264 cm³/mol. The Morgan fingerprint density at radius 1 is 0.355 bits per heavy atom. The fourth-order valence-corrected chi connectivity index (χ4v) is 11.6. The Hall–Kier alpha value is -7.92. The second-order valence-electron chi connectivity index (χ2n) is 16.4. The van der Waals surface area contributed by atoms with E-state index in [-0.39, 0.29) is 0 Å². The zero-order chi connectivity index (χ0) is 40.5. The Morgan fingerprint density at radius 3 is 1.74 bits per heavy atom. The van der Waals surface area contributed by atoms with Gasteiger partial charge in [-0.3, -0.25) is 0 Å². The first-order chi connectivity index (χ1) is 30.7. The minimum atomic E-state index is 0.893. The Bertz CT molecular complexity index is 4120. The average molecular weight is 807 g/mol. The molecular weight excluding hydrogens is 773 g/mol. The van der Waals surface area contributed by atoms with E-state index in [1.165, 1.54) is 85.8 Å². The van der Waals surface area contributed by atoms with Gasteiger partial charge in [0.2, 0.25) is 0 Å². The van der Waals surface area contributed by atoms with Crippen LogP contribution in [0.4, 0.5) is 0 Å². The summed E-state index contributed by atoms with van der Waals surface area (Å²) in [5.74, 6) is 0. The van der Waals surface area contributed by atoms with Crippen molar-refractivity contribution in [1.82, 2.24) is 9.13 Å². The van der Waals surface area contributed by atoms with Crippen LogP contribution in [-0.2, 0) is 0 Å². The summed E-state index contributed by atoms with van der Waals surface area (Å²) in [6.07, 6.45) is 0. The molecule has 4 heterocycles. The molecule has 0 saturated carbocycles. The molecule has 0 fully saturated rings. The van der Waals surface area contributed by atoms with Crippen molar-refractivity contribution in [3.05, 3.63) is 206 Å². The summed E-state index contributed by atoms with van der Waals surface area (Å²) in [6, 6.07) is 75.8. The fourth-order valence-electron chi connectivity index (χ4n) is 10.4. The van der Waals surface area contributed by atoms with Crippen LogP contribution in [0, 0.1) is 0 Å². The van der Waals surface area contributed by atoms with E-state index in [4.69, 9.17) is 4.42 Å². The molecule has 0 radical (unpaired) electrons. The van der Waals surface area contributed by atoms with E-state index in [9.17, 15) is 0 Å². The van der Waals surface area contributed by atoms with Gasteiger partial charge in [0.1, 0.15) is 11.2 Å². The second-order valence-corrected chi connectivity index (χ2v) is 17.5. The molecule has 10 aromatic carbocycles. The van der Waals surface area contributed by atoms with Gasteiger partial charge in [-0.1, -0.05) is 133 Å². The van der Waals surface area contributed by atoms with Gasteiger partial charge in [-0.05, 0) is 100 Å². The highest BCUT2D eigenvalue weighted by Gasteiger charge is 2.23. The molecule has 14 rings (SSSR count). The monoisotopic (exact) mass is 806 g/mol. The van der Waals surface area contributed by atoms with Gasteiger partial charge in [-0.25, -0.2) is 0 Å². The highest BCUT2D eigenvalue weighted by atomic mass is 32.1. The van der Waals surface area contributed by atoms with E-state index in [0.29, 0.717) is 0 Å². The smallest absolute Gasteiger partial charge is 0.135 e. The van der Waals surface area contributed by atoms with Crippen molar-refractivity contribution < 1.29 is 4.42 Å². The molecule has 0 N–H and O–H groups in total. The molecule has 0 aliphatic carbocycles. The number of fused-ring (bicyclic) bond motifs is 13. The van der Waals surface area contributed by atoms with E-state index in [0.717, 1.165) is 44.3 Å². The van der Waals surface area contributed by atoms with Crippen LogP contribution in [0.5, 0.6) is 0 Å². The van der Waals surface area contributed by atoms with Crippen LogP contribution in [0.3, 0.4) is 0 Å². The summed E-state index contributed by atoms with van der Waals surface area (Å²) in [7, 11) is 0. The lowest BCUT2D eigenvalue weighted by Gasteiger charge is -2.18. The van der Waals surface area contributed by atoms with Crippen molar-refractivity contribution in [3.63, 3.8) is 0 Å². The van der Waals surface area contributed by atoms with Crippen molar-refractivity contribution in [2.75, 3.05) is 0 Å². The summed E-state index contributed by atoms with van der Waals surface area (Å²) in [5.41, 5.74) is 13.5. The van der Waals surface area contributed by atoms with E-state index in [1.807, 2.05) is 17.4 Å². The van der Waals surface area contributed by atoms with Crippen LogP contribution in [0.15, 0.2) is 211 Å². The molecule has 4 aromatic heterocycles. The lowest BCUT2D eigenvalue weighted by molar-refractivity contribution is 0.669. The Labute approximate surface area is 359 Å². The first kappa shape index (κ1) is 33.9. The third-order valence-electron chi connectivity index (χ3n) is 13.1. The number of para-hydroxylation sites is 4. The van der Waals surface area contributed by atoms with Gasteiger partial charge in [0, 0.05) is 59.0 Å². The standard InChI is InChI=1S/C58H34N2OS/c1-2-15-40-36(14-1)34-48-43-18-5-10-24-51(43)60(52-25-13-21-46-45-20-7-12-27-55(45)62-58(46)52)57(48)56(40)38-30-37(35-28-29-54-47(33-35)44-19-6-11-26-53(44)61-54)31-39(32-38)59-49-22-8-3-16-41(49)42-17-4-9-23-50(42)59/h1-34H. The van der Waals surface area contributed by atoms with Gasteiger partial charge in [-0.2, -0.15) is 0 Å². The lowest BCUT2D eigenvalue weighted by Crippen LogP contribution is -1.99. The zero-order valence-electron chi connectivity index (χ0n) is 33.3. The summed E-state index contributed by atoms with van der Waals surface area (Å²) in [6.45, 7) is 0. The minimum Gasteiger partial charge on any atom is -0.456 e. The van der Waals surface area contributed by atoms with Crippen LogP contribution >= 0.6 is 11.3 Å². The van der Waals surface area contributed by atoms with E-state index < -0.39 is 0 Å². The van der Waals surface area contributed by atoms with Gasteiger partial charge in [-0.15, -0.1) is 11.3 Å². The number of aromatic nitrogens is 2. The SMILES string of the molecule is c1ccc2c(-c3cc(-c4ccc5oc6ccccc6c5c4)cc(-n4c5ccccc5c5ccccc54)c3)c3c(cc2c1)c1ccccc1n3-c1cccc2c1sc1ccccc12. The molecular formula is C58H34N2OS. The van der Waals surface area contributed by atoms with Crippen molar-refractivity contribution in [1.29, 1.82) is 0 Å². The van der Waals surface area contributed by atoms with E-state index >= 15 is 0 Å². The number of hydrogen-bond donors (Lipinski definition) is 0. The number of benzene rings is 10. The summed E-state index contributed by atoms with van der Waals surface area (Å²) >= 11 is 1.88. The Morgan fingerprint density at radius 2 is 0.952 bits per heavy atom. The molecule has 14 aromatic rings. The Kier molecular flexibility index (Phi) is 6.99. The molecule has 4 heteroatoms. The molecule has 0 unspecified atom stereocenters. The normalized spacial score (nSPS) is 12.2. The number of nitrogens with zero attached hydrogens (tertiary/aromatic N) is 2. The zero-order valence-corrected chi connectivity index (χ0v) is 34.2. The number of rotatable bonds is 4. The van der Waals surface area contributed by atoms with Crippen LogP contribution in [0.1, 0.15) is 0 Å². The highest BCUT2D eigenvalue weighted by molar-refractivity contribution is 7.26. The highest BCUT2D eigenvalue weighted by Crippen LogP contribution is 2.47. The maximum absolute atomic E-state index is 6.34. The number of hydrogen-bond acceptors (Lipinski definition) is 2. The van der Waals surface area contributed by atoms with Gasteiger partial charge >= 0.3 is 0 Å². The van der Waals surface area contributed by atoms with Crippen LogP contribution in [0.2, 0.25) is 0 Å². The summed E-state index contributed by atoms with van der Waals surface area (Å²) in [5, 5.41) is 12.2. The average Bonchev–Trinajstić information content (AvgIpc) is 4.08. The first-order valence-corrected chi connectivity index (χ1v) is 22.0. The molecule has 0 bridgehead atoms. The molecule has 0 aliphatic heterocycles. The van der Waals surface area contributed by atoms with Crippen molar-refractivity contribution >= 4 is 108 Å². The molecule has 288 valence electrons. The largest absolute Gasteiger partial charge is 0.456 e. The topological polar surface area (TPSA) is 23.0 Å². The van der Waals surface area contributed by atoms with Gasteiger partial charge in [0.05, 0.1) is 32.5 Å². The third kappa shape index (κ3) is 4.75. The van der Waals surface area contributed by atoms with E-state index in [1.54, 1.807) is 0 Å². The van der Waals surface area contributed by atoms with Gasteiger partial charge in [0.25, 0.3) is 0 Å². The minimum absolute atomic E-state index is 0.893. The maximum atomic E-state index is 6.34. The molecule has 0 atom stereocenters. The maximum Gasteiger partial charge on any atom is 0.135 e. The van der Waals surface area contributed by atoms with E-state index in [2.05, 4.69) is 209 Å². The number of furan rings is 1. The predicted octanol–water partition coefficient (Wildman–Crippen LogP) is 16.6. The summed E-state index contributed by atoms with van der Waals surface area (Å²) < 4.78 is 13.9. The molecule has 0 amide bonds. The van der Waals surface area contributed by atoms with Crippen LogP contribution in [-0.4, -0.2) is 9.13 Å². The molecule has 3 nitrogen and oxygen atoms in total. The quantitative estimate of drug-likeness (QED) is 0.174. The third-order valence-corrected chi connectivity index (χ3v) is 14.3. The summed E-state index contributed by atoms with van der Waals surface area (Å²) in [4.78, 5) is 0. The molecule has 0 aliphatic rings. The Balaban J connectivity index is 1.15. The first-order valence-electron chi connectivity index (χ1n) is 21.2. The van der Waals surface area contributed by atoms with Crippen molar-refractivity contribution in [3.8, 4) is 33.6 Å². The molecule has 0 spiro atoms. The van der Waals surface area contributed by atoms with Gasteiger partial charge in [0.15, 0.2) is 0 Å². The van der Waals surface area contributed by atoms with Crippen LogP contribution in [0.25, 0.3) is 130 Å². The van der Waals surface area contributed by atoms with Crippen molar-refractivity contribution in [2.45, 2.75) is 0 Å². The number of thiophene rings is 1. The molecule has 0 saturated heterocycles. The van der Waals surface area contributed by atoms with Crippen molar-refractivity contribution in [2.24, 2.45) is 0 Å². The van der Waals surface area contributed by atoms with Crippen LogP contribution < -0.4 is 0 Å². The van der Waals surface area contributed by atoms with Gasteiger partial charge < -0.3 is 13.6 Å². The lowest BCUT2D eigenvalue weighted by atomic mass is 9.91. The second kappa shape index (κ2) is 12.8.